The summed E-state index contributed by atoms with van der Waals surface area (Å²) in [5, 5.41) is 5.06. The molecule has 8 rings (SSSR count). The van der Waals surface area contributed by atoms with Crippen LogP contribution in [0.1, 0.15) is 83.0 Å². The third kappa shape index (κ3) is 8.25. The number of alkyl carbamates (subject to hydrolysis) is 1. The van der Waals surface area contributed by atoms with Gasteiger partial charge in [-0.05, 0) is 105 Å². The molecule has 3 aromatic carbocycles. The van der Waals surface area contributed by atoms with Gasteiger partial charge in [-0.15, -0.1) is 0 Å². The van der Waals surface area contributed by atoms with Crippen LogP contribution in [0.5, 0.6) is 0 Å². The number of aromatic nitrogens is 4. The summed E-state index contributed by atoms with van der Waals surface area (Å²) < 4.78 is 16.0. The number of likely N-dealkylation sites (tertiary alicyclic amines) is 2. The van der Waals surface area contributed by atoms with Crippen molar-refractivity contribution in [2.75, 3.05) is 33.4 Å². The fourth-order valence-corrected chi connectivity index (χ4v) is 8.44. The zero-order valence-electron chi connectivity index (χ0n) is 33.0. The zero-order valence-corrected chi connectivity index (χ0v) is 33.0. The second kappa shape index (κ2) is 16.0. The summed E-state index contributed by atoms with van der Waals surface area (Å²) in [6, 6.07) is 20.3. The molecule has 5 aromatic rings. The summed E-state index contributed by atoms with van der Waals surface area (Å²) in [7, 11) is 1.31. The molecule has 0 spiro atoms. The van der Waals surface area contributed by atoms with E-state index in [0.29, 0.717) is 39.1 Å². The Hall–Kier alpha value is -5.69. The average molecular weight is 774 g/mol. The number of aromatic amines is 2. The van der Waals surface area contributed by atoms with Crippen LogP contribution in [0.25, 0.3) is 44.4 Å². The number of rotatable bonds is 8. The minimum Gasteiger partial charge on any atom is -0.453 e. The molecular formula is C44H51N7O6. The van der Waals surface area contributed by atoms with Gasteiger partial charge < -0.3 is 34.4 Å². The molecule has 13 heteroatoms. The van der Waals surface area contributed by atoms with Crippen LogP contribution in [-0.2, 0) is 19.0 Å². The van der Waals surface area contributed by atoms with Crippen LogP contribution in [0.2, 0.25) is 0 Å². The van der Waals surface area contributed by atoms with E-state index in [0.717, 1.165) is 81.7 Å². The van der Waals surface area contributed by atoms with Gasteiger partial charge >= 0.3 is 12.2 Å². The lowest BCUT2D eigenvalue weighted by Crippen LogP contribution is -2.53. The van der Waals surface area contributed by atoms with Crippen molar-refractivity contribution in [3.8, 4) is 33.6 Å². The highest BCUT2D eigenvalue weighted by Gasteiger charge is 2.40. The number of fused-ring (bicyclic) bond motifs is 1. The number of benzene rings is 3. The number of methoxy groups -OCH3 is 1. The molecule has 3 saturated heterocycles. The van der Waals surface area contributed by atoms with Crippen molar-refractivity contribution in [2.45, 2.75) is 83.0 Å². The van der Waals surface area contributed by atoms with Crippen molar-refractivity contribution in [3.63, 3.8) is 0 Å². The largest absolute Gasteiger partial charge is 0.453 e. The maximum absolute atomic E-state index is 14.0. The first kappa shape index (κ1) is 38.2. The van der Waals surface area contributed by atoms with Gasteiger partial charge in [0.1, 0.15) is 23.3 Å². The van der Waals surface area contributed by atoms with E-state index < -0.39 is 17.7 Å². The highest BCUT2D eigenvalue weighted by atomic mass is 16.6. The summed E-state index contributed by atoms with van der Waals surface area (Å²) in [6.45, 7) is 8.04. The molecule has 3 aliphatic heterocycles. The second-order valence-corrected chi connectivity index (χ2v) is 16.3. The summed E-state index contributed by atoms with van der Waals surface area (Å²) >= 11 is 0. The van der Waals surface area contributed by atoms with Gasteiger partial charge in [-0.25, -0.2) is 19.6 Å². The van der Waals surface area contributed by atoms with E-state index in [9.17, 15) is 14.4 Å². The van der Waals surface area contributed by atoms with E-state index in [1.54, 1.807) is 4.90 Å². The normalized spacial score (nSPS) is 19.5. The Morgan fingerprint density at radius 3 is 1.93 bits per heavy atom. The third-order valence-corrected chi connectivity index (χ3v) is 11.4. The number of ether oxygens (including phenoxy) is 3. The molecule has 13 nitrogen and oxygen atoms in total. The predicted octanol–water partition coefficient (Wildman–Crippen LogP) is 8.17. The second-order valence-electron chi connectivity index (χ2n) is 16.3. The molecule has 0 saturated carbocycles. The lowest BCUT2D eigenvalue weighted by Gasteiger charge is -2.34. The third-order valence-electron chi connectivity index (χ3n) is 11.4. The molecule has 3 fully saturated rings. The monoisotopic (exact) mass is 773 g/mol. The number of imidazole rings is 2. The number of H-pyrrole nitrogens is 2. The van der Waals surface area contributed by atoms with Gasteiger partial charge in [-0.1, -0.05) is 48.5 Å². The van der Waals surface area contributed by atoms with Gasteiger partial charge in [-0.3, -0.25) is 9.69 Å². The standard InChI is InChI=1S/C44H51N7O6/c1-44(2,3)57-43(54)51-20-6-8-37(51)40-46-26-35(48-40)33-16-15-31-23-30(13-14-32(31)24-33)27-9-11-28(12-10-27)34-25-45-39(47-34)36-7-5-19-50(36)41(52)38(49-42(53)55-4)29-17-21-56-22-18-29/h9-16,23-26,29,36-38H,5-8,17-22H2,1-4H3,(H,45,47)(H,46,48)(H,49,53)/t36-,37-,38?/m0/s1. The maximum atomic E-state index is 14.0. The molecule has 2 aromatic heterocycles. The Kier molecular flexibility index (Phi) is 10.8. The van der Waals surface area contributed by atoms with Crippen LogP contribution in [0.4, 0.5) is 9.59 Å². The smallest absolute Gasteiger partial charge is 0.410 e. The Morgan fingerprint density at radius 1 is 0.754 bits per heavy atom. The van der Waals surface area contributed by atoms with E-state index in [1.165, 1.54) is 7.11 Å². The zero-order chi connectivity index (χ0) is 39.7. The summed E-state index contributed by atoms with van der Waals surface area (Å²) in [5.74, 6) is 1.39. The summed E-state index contributed by atoms with van der Waals surface area (Å²) in [4.78, 5) is 59.1. The van der Waals surface area contributed by atoms with Crippen LogP contribution in [0.3, 0.4) is 0 Å². The number of amides is 3. The highest BCUT2D eigenvalue weighted by molar-refractivity contribution is 5.91. The Bertz CT molecular complexity index is 2240. The minimum absolute atomic E-state index is 0.0178. The lowest BCUT2D eigenvalue weighted by molar-refractivity contribution is -0.136. The van der Waals surface area contributed by atoms with Crippen molar-refractivity contribution >= 4 is 28.9 Å². The van der Waals surface area contributed by atoms with Crippen molar-refractivity contribution < 1.29 is 28.6 Å². The average Bonchev–Trinajstić information content (AvgIpc) is 4.06. The Balaban J connectivity index is 0.940. The number of carbonyl (C=O) groups is 3. The molecule has 0 radical (unpaired) electrons. The van der Waals surface area contributed by atoms with Gasteiger partial charge in [0.2, 0.25) is 5.91 Å². The Labute approximate surface area is 332 Å². The first-order chi connectivity index (χ1) is 27.5. The molecule has 298 valence electrons. The van der Waals surface area contributed by atoms with Gasteiger partial charge in [0, 0.05) is 31.9 Å². The topological polar surface area (TPSA) is 155 Å². The fourth-order valence-electron chi connectivity index (χ4n) is 8.44. The summed E-state index contributed by atoms with van der Waals surface area (Å²) in [6.07, 6.45) is 7.56. The number of nitrogens with zero attached hydrogens (tertiary/aromatic N) is 4. The van der Waals surface area contributed by atoms with Crippen molar-refractivity contribution in [2.24, 2.45) is 5.92 Å². The van der Waals surface area contributed by atoms with Gasteiger partial charge in [-0.2, -0.15) is 0 Å². The molecule has 3 aliphatic rings. The molecular weight excluding hydrogens is 723 g/mol. The van der Waals surface area contributed by atoms with Crippen molar-refractivity contribution in [1.29, 1.82) is 0 Å². The number of hydrogen-bond donors (Lipinski definition) is 3. The van der Waals surface area contributed by atoms with Gasteiger partial charge in [0.15, 0.2) is 0 Å². The molecule has 3 N–H and O–H groups in total. The molecule has 57 heavy (non-hydrogen) atoms. The van der Waals surface area contributed by atoms with Crippen LogP contribution in [0.15, 0.2) is 73.1 Å². The molecule has 5 heterocycles. The number of nitrogens with one attached hydrogen (secondary N) is 3. The van der Waals surface area contributed by atoms with Crippen LogP contribution < -0.4 is 5.32 Å². The van der Waals surface area contributed by atoms with Crippen molar-refractivity contribution in [1.82, 2.24) is 35.1 Å². The van der Waals surface area contributed by atoms with Crippen molar-refractivity contribution in [3.05, 3.63) is 84.7 Å². The van der Waals surface area contributed by atoms with E-state index in [2.05, 4.69) is 80.9 Å². The molecule has 0 aliphatic carbocycles. The van der Waals surface area contributed by atoms with E-state index in [4.69, 9.17) is 19.2 Å². The van der Waals surface area contributed by atoms with E-state index in [-0.39, 0.29) is 30.0 Å². The SMILES string of the molecule is COC(=O)NC(C(=O)N1CCC[C@H]1c1ncc(-c2ccc(-c3ccc4cc(-c5cnc([C@@H]6CCCN6C(=O)OC(C)(C)C)[nH]5)ccc4c3)cc2)[nH]1)C1CCOCC1. The maximum Gasteiger partial charge on any atom is 0.410 e. The Morgan fingerprint density at radius 2 is 1.30 bits per heavy atom. The highest BCUT2D eigenvalue weighted by Crippen LogP contribution is 2.36. The first-order valence-electron chi connectivity index (χ1n) is 20.0. The van der Waals surface area contributed by atoms with E-state index in [1.807, 2.05) is 38.1 Å². The molecule has 1 unspecified atom stereocenters. The van der Waals surface area contributed by atoms with Gasteiger partial charge in [0.05, 0.1) is 43.0 Å². The number of carbonyl (C=O) groups excluding carboxylic acids is 3. The predicted molar refractivity (Wildman–Crippen MR) is 216 cm³/mol. The molecule has 0 bridgehead atoms. The van der Waals surface area contributed by atoms with Crippen LogP contribution >= 0.6 is 0 Å². The molecule has 3 amide bonds. The summed E-state index contributed by atoms with van der Waals surface area (Å²) in [5.41, 5.74) is 5.47. The number of hydrogen-bond acceptors (Lipinski definition) is 8. The lowest BCUT2D eigenvalue weighted by atomic mass is 9.90. The van der Waals surface area contributed by atoms with Crippen LogP contribution in [-0.4, -0.2) is 92.9 Å². The van der Waals surface area contributed by atoms with E-state index >= 15 is 0 Å². The first-order valence-corrected chi connectivity index (χ1v) is 20.0. The van der Waals surface area contributed by atoms with Crippen LogP contribution in [0, 0.1) is 5.92 Å². The fraction of sp³-hybridized carbons (Fsp3) is 0.432. The van der Waals surface area contributed by atoms with Gasteiger partial charge in [0.25, 0.3) is 0 Å². The quantitative estimate of drug-likeness (QED) is 0.143. The molecule has 3 atom stereocenters. The minimum atomic E-state index is -0.674.